The van der Waals surface area contributed by atoms with E-state index in [1.807, 2.05) is 0 Å². The summed E-state index contributed by atoms with van der Waals surface area (Å²) in [7, 11) is 0. The van der Waals surface area contributed by atoms with E-state index in [9.17, 15) is 9.59 Å². The number of unbranched alkanes of at least 4 members (excludes halogenated alkanes) is 3. The van der Waals surface area contributed by atoms with E-state index in [4.69, 9.17) is 0 Å². The minimum Gasteiger partial charge on any atom is -0.303 e. The van der Waals surface area contributed by atoms with E-state index in [1.54, 1.807) is 0 Å². The highest BCUT2D eigenvalue weighted by atomic mass is 35.5. The Labute approximate surface area is 92.3 Å². The van der Waals surface area contributed by atoms with Gasteiger partial charge in [0.15, 0.2) is 0 Å². The Kier molecular flexibility index (Phi) is 20.7. The van der Waals surface area contributed by atoms with Gasteiger partial charge >= 0.3 is 0 Å². The molecule has 0 aromatic rings. The van der Waals surface area contributed by atoms with Crippen LogP contribution in [0, 0.1) is 0 Å². The summed E-state index contributed by atoms with van der Waals surface area (Å²) in [5, 5.41) is 0. The van der Waals surface area contributed by atoms with Crippen molar-refractivity contribution in [2.75, 3.05) is 0 Å². The molecule has 0 radical (unpaired) electrons. The van der Waals surface area contributed by atoms with Crippen LogP contribution in [0.1, 0.15) is 45.4 Å². The van der Waals surface area contributed by atoms with Gasteiger partial charge in [0.1, 0.15) is 12.1 Å². The number of ketones is 1. The summed E-state index contributed by atoms with van der Waals surface area (Å²) in [6.07, 6.45) is 5.80. The number of halogens is 2. The number of carbonyl (C=O) groups excluding carboxylic acids is 2. The van der Waals surface area contributed by atoms with Gasteiger partial charge in [-0.05, 0) is 6.42 Å². The van der Waals surface area contributed by atoms with Crippen LogP contribution >= 0.6 is 24.8 Å². The lowest BCUT2D eigenvalue weighted by Gasteiger charge is -1.95. The van der Waals surface area contributed by atoms with E-state index < -0.39 is 0 Å². The number of hydrogen-bond donors (Lipinski definition) is 0. The van der Waals surface area contributed by atoms with Crippen LogP contribution in [-0.2, 0) is 9.59 Å². The summed E-state index contributed by atoms with van der Waals surface area (Å²) in [4.78, 5) is 20.7. The molecular formula is C9H18Cl2O2. The molecule has 80 valence electrons. The van der Waals surface area contributed by atoms with Crippen molar-refractivity contribution in [1.29, 1.82) is 0 Å². The van der Waals surface area contributed by atoms with Gasteiger partial charge in [0.25, 0.3) is 0 Å². The molecule has 0 saturated heterocycles. The lowest BCUT2D eigenvalue weighted by Crippen LogP contribution is -1.97. The van der Waals surface area contributed by atoms with Crippen molar-refractivity contribution in [2.45, 2.75) is 45.4 Å². The Balaban J connectivity index is -0.000000500. The number of aldehydes is 1. The molecule has 0 amide bonds. The lowest BCUT2D eigenvalue weighted by molar-refractivity contribution is -0.122. The van der Waals surface area contributed by atoms with Crippen molar-refractivity contribution in [3.63, 3.8) is 0 Å². The maximum Gasteiger partial charge on any atom is 0.139 e. The molecule has 0 aliphatic rings. The topological polar surface area (TPSA) is 34.1 Å². The van der Waals surface area contributed by atoms with E-state index in [1.165, 1.54) is 12.8 Å². The summed E-state index contributed by atoms with van der Waals surface area (Å²) < 4.78 is 0. The highest BCUT2D eigenvalue weighted by molar-refractivity contribution is 5.89. The molecule has 0 aliphatic heterocycles. The molecule has 0 unspecified atom stereocenters. The van der Waals surface area contributed by atoms with Gasteiger partial charge in [-0.15, -0.1) is 24.8 Å². The average molecular weight is 229 g/mol. The molecule has 0 aliphatic carbocycles. The Morgan fingerprint density at radius 3 is 2.23 bits per heavy atom. The molecule has 0 fully saturated rings. The second-order valence-corrected chi connectivity index (χ2v) is 2.72. The summed E-state index contributed by atoms with van der Waals surface area (Å²) in [5.41, 5.74) is 0. The number of hydrogen-bond acceptors (Lipinski definition) is 2. The largest absolute Gasteiger partial charge is 0.303 e. The quantitative estimate of drug-likeness (QED) is 0.382. The first-order valence-corrected chi connectivity index (χ1v) is 4.26. The van der Waals surface area contributed by atoms with E-state index in [0.29, 0.717) is 12.7 Å². The summed E-state index contributed by atoms with van der Waals surface area (Å²) in [5.74, 6) is 0.0797. The second-order valence-electron chi connectivity index (χ2n) is 2.72. The van der Waals surface area contributed by atoms with Crippen molar-refractivity contribution < 1.29 is 9.59 Å². The fourth-order valence-corrected chi connectivity index (χ4v) is 0.944. The van der Waals surface area contributed by atoms with Crippen molar-refractivity contribution in [3.8, 4) is 0 Å². The maximum atomic E-state index is 10.8. The fourth-order valence-electron chi connectivity index (χ4n) is 0.944. The van der Waals surface area contributed by atoms with Crippen molar-refractivity contribution in [3.05, 3.63) is 0 Å². The number of rotatable bonds is 7. The van der Waals surface area contributed by atoms with E-state index in [2.05, 4.69) is 6.92 Å². The Hall–Kier alpha value is -0.0800. The van der Waals surface area contributed by atoms with Gasteiger partial charge in [0, 0.05) is 6.42 Å². The molecule has 0 rings (SSSR count). The molecule has 0 N–H and O–H groups in total. The van der Waals surface area contributed by atoms with Crippen LogP contribution in [0.5, 0.6) is 0 Å². The smallest absolute Gasteiger partial charge is 0.139 e. The van der Waals surface area contributed by atoms with Crippen LogP contribution in [0.2, 0.25) is 0 Å². The van der Waals surface area contributed by atoms with Gasteiger partial charge in [-0.25, -0.2) is 0 Å². The van der Waals surface area contributed by atoms with E-state index in [-0.39, 0.29) is 37.0 Å². The van der Waals surface area contributed by atoms with Gasteiger partial charge in [-0.1, -0.05) is 26.2 Å². The molecule has 0 atom stereocenters. The normalized spacial score (nSPS) is 8.08. The van der Waals surface area contributed by atoms with Crippen LogP contribution in [0.3, 0.4) is 0 Å². The van der Waals surface area contributed by atoms with Gasteiger partial charge in [-0.2, -0.15) is 0 Å². The third kappa shape index (κ3) is 14.7. The zero-order chi connectivity index (χ0) is 8.53. The number of Topliss-reactive ketones (excluding diaryl/α,β-unsaturated/α-hetero) is 1. The standard InChI is InChI=1S/C9H16O2.2ClH/c1-2-3-4-5-6-9(11)7-8-10;;/h8H,2-7H2,1H3;2*1H. The van der Waals surface area contributed by atoms with Crippen molar-refractivity contribution in [2.24, 2.45) is 0 Å². The molecule has 0 saturated carbocycles. The highest BCUT2D eigenvalue weighted by Crippen LogP contribution is 2.03. The molecule has 13 heavy (non-hydrogen) atoms. The molecule has 0 aromatic carbocycles. The Morgan fingerprint density at radius 2 is 1.77 bits per heavy atom. The predicted octanol–water partition coefficient (Wildman–Crippen LogP) is 2.96. The minimum atomic E-state index is 0. The lowest BCUT2D eigenvalue weighted by atomic mass is 10.1. The van der Waals surface area contributed by atoms with Gasteiger partial charge in [0.05, 0.1) is 6.42 Å². The molecule has 0 aromatic heterocycles. The third-order valence-corrected chi connectivity index (χ3v) is 1.62. The molecular weight excluding hydrogens is 211 g/mol. The van der Waals surface area contributed by atoms with Crippen LogP contribution in [0.25, 0.3) is 0 Å². The summed E-state index contributed by atoms with van der Waals surface area (Å²) >= 11 is 0. The van der Waals surface area contributed by atoms with Crippen LogP contribution < -0.4 is 0 Å². The van der Waals surface area contributed by atoms with E-state index in [0.717, 1.165) is 12.8 Å². The summed E-state index contributed by atoms with van der Waals surface area (Å²) in [6.45, 7) is 2.13. The predicted molar refractivity (Wildman–Crippen MR) is 58.9 cm³/mol. The monoisotopic (exact) mass is 228 g/mol. The van der Waals surface area contributed by atoms with Crippen LogP contribution in [0.15, 0.2) is 0 Å². The molecule has 0 bridgehead atoms. The van der Waals surface area contributed by atoms with Gasteiger partial charge in [0.2, 0.25) is 0 Å². The maximum absolute atomic E-state index is 10.8. The SMILES string of the molecule is CCCCCCC(=O)CC=O.Cl.Cl. The molecule has 2 nitrogen and oxygen atoms in total. The summed E-state index contributed by atoms with van der Waals surface area (Å²) in [6, 6.07) is 0. The van der Waals surface area contributed by atoms with Crippen molar-refractivity contribution >= 4 is 36.9 Å². The average Bonchev–Trinajstić information content (AvgIpc) is 1.99. The first kappa shape index (κ1) is 18.7. The highest BCUT2D eigenvalue weighted by Gasteiger charge is 1.98. The first-order valence-electron chi connectivity index (χ1n) is 4.26. The van der Waals surface area contributed by atoms with Crippen LogP contribution in [-0.4, -0.2) is 12.1 Å². The zero-order valence-corrected chi connectivity index (χ0v) is 9.59. The Morgan fingerprint density at radius 1 is 1.15 bits per heavy atom. The minimum absolute atomic E-state index is 0. The fraction of sp³-hybridized carbons (Fsp3) is 0.778. The molecule has 0 spiro atoms. The zero-order valence-electron chi connectivity index (χ0n) is 7.95. The van der Waals surface area contributed by atoms with Gasteiger partial charge < -0.3 is 4.79 Å². The Bertz CT molecular complexity index is 127. The van der Waals surface area contributed by atoms with E-state index >= 15 is 0 Å². The van der Waals surface area contributed by atoms with Gasteiger partial charge in [-0.3, -0.25) is 4.79 Å². The first-order chi connectivity index (χ1) is 5.31. The van der Waals surface area contributed by atoms with Crippen LogP contribution in [0.4, 0.5) is 0 Å². The molecule has 0 heterocycles. The molecule has 4 heteroatoms. The van der Waals surface area contributed by atoms with Crippen molar-refractivity contribution in [1.82, 2.24) is 0 Å². The second kappa shape index (κ2) is 14.4. The third-order valence-electron chi connectivity index (χ3n) is 1.62. The number of carbonyl (C=O) groups is 2.